The first-order chi connectivity index (χ1) is 11.4. The van der Waals surface area contributed by atoms with E-state index in [1.165, 1.54) is 4.31 Å². The molecule has 0 N–H and O–H groups in total. The Kier molecular flexibility index (Phi) is 4.85. The van der Waals surface area contributed by atoms with Gasteiger partial charge in [0.2, 0.25) is 10.0 Å². The summed E-state index contributed by atoms with van der Waals surface area (Å²) in [6.45, 7) is 6.14. The number of carbonyl (C=O) groups is 1. The quantitative estimate of drug-likeness (QED) is 0.824. The lowest BCUT2D eigenvalue weighted by atomic mass is 9.99. The van der Waals surface area contributed by atoms with Crippen molar-refractivity contribution in [3.8, 4) is 0 Å². The number of anilines is 1. The van der Waals surface area contributed by atoms with Crippen molar-refractivity contribution in [3.05, 3.63) is 29.3 Å². The van der Waals surface area contributed by atoms with Gasteiger partial charge in [0.25, 0.3) is 5.91 Å². The summed E-state index contributed by atoms with van der Waals surface area (Å²) in [4.78, 5) is 14.7. The molecule has 0 unspecified atom stereocenters. The summed E-state index contributed by atoms with van der Waals surface area (Å²) in [5.41, 5.74) is 2.14. The minimum Gasteiger partial charge on any atom is -0.338 e. The molecular weight excluding hydrogens is 324 g/mol. The second-order valence-corrected chi connectivity index (χ2v) is 9.11. The number of sulfonamides is 1. The van der Waals surface area contributed by atoms with Crippen LogP contribution in [0.3, 0.4) is 0 Å². The first-order valence-corrected chi connectivity index (χ1v) is 10.4. The van der Waals surface area contributed by atoms with E-state index in [1.807, 2.05) is 24.0 Å². The van der Waals surface area contributed by atoms with Gasteiger partial charge in [0.1, 0.15) is 0 Å². The minimum atomic E-state index is -3.27. The molecule has 132 valence electrons. The summed E-state index contributed by atoms with van der Waals surface area (Å²) in [5, 5.41) is 0. The van der Waals surface area contributed by atoms with Gasteiger partial charge in [0.05, 0.1) is 11.4 Å². The number of hydrogen-bond acceptors (Lipinski definition) is 3. The normalized spacial score (nSPS) is 24.0. The third-order valence-electron chi connectivity index (χ3n) is 5.02. The molecule has 1 aromatic carbocycles. The van der Waals surface area contributed by atoms with Crippen LogP contribution in [0.25, 0.3) is 0 Å². The molecular formula is C18H26N2O3S. The van der Waals surface area contributed by atoms with E-state index in [-0.39, 0.29) is 11.7 Å². The molecule has 2 heterocycles. The van der Waals surface area contributed by atoms with Crippen LogP contribution >= 0.6 is 0 Å². The second-order valence-electron chi connectivity index (χ2n) is 7.10. The van der Waals surface area contributed by atoms with Gasteiger partial charge in [-0.3, -0.25) is 9.10 Å². The van der Waals surface area contributed by atoms with Crippen LogP contribution in [-0.4, -0.2) is 44.6 Å². The largest absolute Gasteiger partial charge is 0.338 e. The molecule has 0 radical (unpaired) electrons. The zero-order valence-electron chi connectivity index (χ0n) is 14.5. The molecule has 1 amide bonds. The van der Waals surface area contributed by atoms with Crippen LogP contribution in [0.5, 0.6) is 0 Å². The third-order valence-corrected chi connectivity index (χ3v) is 6.87. The number of carbonyl (C=O) groups excluding carboxylic acids is 1. The van der Waals surface area contributed by atoms with E-state index in [0.29, 0.717) is 30.1 Å². The highest BCUT2D eigenvalue weighted by molar-refractivity contribution is 7.92. The molecule has 2 fully saturated rings. The number of rotatable bonds is 2. The van der Waals surface area contributed by atoms with Crippen molar-refractivity contribution in [2.45, 2.75) is 39.5 Å². The van der Waals surface area contributed by atoms with Crippen molar-refractivity contribution in [1.82, 2.24) is 4.90 Å². The monoisotopic (exact) mass is 350 g/mol. The van der Waals surface area contributed by atoms with E-state index in [1.54, 1.807) is 6.07 Å². The summed E-state index contributed by atoms with van der Waals surface area (Å²) in [6, 6.07) is 5.44. The maximum Gasteiger partial charge on any atom is 0.253 e. The summed E-state index contributed by atoms with van der Waals surface area (Å²) >= 11 is 0. The Labute approximate surface area is 144 Å². The van der Waals surface area contributed by atoms with E-state index in [9.17, 15) is 13.2 Å². The standard InChI is InChI=1S/C18H26N2O3S/c1-14-6-5-9-19(13-14)18(21)16-8-7-15(2)17(12-16)20-10-3-4-11-24(20,22)23/h7-8,12,14H,3-6,9-11,13H2,1-2H3/t14-/m1/s1. The van der Waals surface area contributed by atoms with Gasteiger partial charge in [0.15, 0.2) is 0 Å². The van der Waals surface area contributed by atoms with Gasteiger partial charge in [-0.25, -0.2) is 8.42 Å². The smallest absolute Gasteiger partial charge is 0.253 e. The Morgan fingerprint density at radius 1 is 1.17 bits per heavy atom. The molecule has 24 heavy (non-hydrogen) atoms. The number of piperidine rings is 1. The third kappa shape index (κ3) is 3.43. The van der Waals surface area contributed by atoms with E-state index in [0.717, 1.165) is 37.9 Å². The lowest BCUT2D eigenvalue weighted by Crippen LogP contribution is -2.40. The van der Waals surface area contributed by atoms with E-state index >= 15 is 0 Å². The first-order valence-electron chi connectivity index (χ1n) is 8.79. The Morgan fingerprint density at radius 2 is 1.96 bits per heavy atom. The molecule has 5 nitrogen and oxygen atoms in total. The van der Waals surface area contributed by atoms with E-state index in [2.05, 4.69) is 6.92 Å². The van der Waals surface area contributed by atoms with Crippen LogP contribution in [0, 0.1) is 12.8 Å². The molecule has 1 atom stereocenters. The molecule has 0 saturated carbocycles. The van der Waals surface area contributed by atoms with Crippen molar-refractivity contribution >= 4 is 21.6 Å². The predicted molar refractivity (Wildman–Crippen MR) is 95.8 cm³/mol. The SMILES string of the molecule is Cc1ccc(C(=O)N2CCC[C@@H](C)C2)cc1N1CCCCS1(=O)=O. The van der Waals surface area contributed by atoms with Crippen LogP contribution < -0.4 is 4.31 Å². The maximum absolute atomic E-state index is 12.8. The zero-order chi connectivity index (χ0) is 17.3. The van der Waals surface area contributed by atoms with Crippen molar-refractivity contribution < 1.29 is 13.2 Å². The van der Waals surface area contributed by atoms with Crippen molar-refractivity contribution in [3.63, 3.8) is 0 Å². The highest BCUT2D eigenvalue weighted by Crippen LogP contribution is 2.29. The summed E-state index contributed by atoms with van der Waals surface area (Å²) in [6.07, 6.45) is 3.77. The summed E-state index contributed by atoms with van der Waals surface area (Å²) < 4.78 is 26.3. The number of likely N-dealkylation sites (tertiary alicyclic amines) is 1. The highest BCUT2D eigenvalue weighted by atomic mass is 32.2. The fraction of sp³-hybridized carbons (Fsp3) is 0.611. The van der Waals surface area contributed by atoms with Gasteiger partial charge in [0, 0.05) is 25.2 Å². The van der Waals surface area contributed by atoms with Crippen LogP contribution in [0.1, 0.15) is 48.5 Å². The first kappa shape index (κ1) is 17.3. The lowest BCUT2D eigenvalue weighted by molar-refractivity contribution is 0.0683. The number of aryl methyl sites for hydroxylation is 1. The molecule has 2 aliphatic heterocycles. The molecule has 0 bridgehead atoms. The summed E-state index contributed by atoms with van der Waals surface area (Å²) in [7, 11) is -3.27. The molecule has 6 heteroatoms. The Balaban J connectivity index is 1.90. The van der Waals surface area contributed by atoms with Gasteiger partial charge in [-0.15, -0.1) is 0 Å². The number of benzene rings is 1. The average Bonchev–Trinajstić information content (AvgIpc) is 2.55. The van der Waals surface area contributed by atoms with Gasteiger partial charge in [-0.1, -0.05) is 13.0 Å². The van der Waals surface area contributed by atoms with Crippen molar-refractivity contribution in [2.75, 3.05) is 29.7 Å². The van der Waals surface area contributed by atoms with Gasteiger partial charge < -0.3 is 4.90 Å². The average molecular weight is 350 g/mol. The van der Waals surface area contributed by atoms with Crippen LogP contribution in [0.15, 0.2) is 18.2 Å². The molecule has 0 spiro atoms. The molecule has 1 aromatic rings. The van der Waals surface area contributed by atoms with Crippen molar-refractivity contribution in [1.29, 1.82) is 0 Å². The molecule has 3 rings (SSSR count). The minimum absolute atomic E-state index is 0.0113. The van der Waals surface area contributed by atoms with Gasteiger partial charge in [-0.2, -0.15) is 0 Å². The molecule has 2 saturated heterocycles. The number of hydrogen-bond donors (Lipinski definition) is 0. The van der Waals surface area contributed by atoms with E-state index < -0.39 is 10.0 Å². The van der Waals surface area contributed by atoms with Crippen LogP contribution in [-0.2, 0) is 10.0 Å². The fourth-order valence-corrected chi connectivity index (χ4v) is 5.32. The van der Waals surface area contributed by atoms with Crippen LogP contribution in [0.4, 0.5) is 5.69 Å². The van der Waals surface area contributed by atoms with Crippen LogP contribution in [0.2, 0.25) is 0 Å². The highest BCUT2D eigenvalue weighted by Gasteiger charge is 2.28. The lowest BCUT2D eigenvalue weighted by Gasteiger charge is -2.32. The fourth-order valence-electron chi connectivity index (χ4n) is 3.63. The number of amides is 1. The Bertz CT molecular complexity index is 730. The van der Waals surface area contributed by atoms with Crippen molar-refractivity contribution in [2.24, 2.45) is 5.92 Å². The topological polar surface area (TPSA) is 57.7 Å². The summed E-state index contributed by atoms with van der Waals surface area (Å²) in [5.74, 6) is 0.723. The second kappa shape index (κ2) is 6.75. The molecule has 2 aliphatic rings. The maximum atomic E-state index is 12.8. The molecule has 0 aliphatic carbocycles. The zero-order valence-corrected chi connectivity index (χ0v) is 15.3. The van der Waals surface area contributed by atoms with Gasteiger partial charge >= 0.3 is 0 Å². The van der Waals surface area contributed by atoms with Gasteiger partial charge in [-0.05, 0) is 56.2 Å². The number of nitrogens with zero attached hydrogens (tertiary/aromatic N) is 2. The predicted octanol–water partition coefficient (Wildman–Crippen LogP) is 2.80. The molecule has 0 aromatic heterocycles. The Hall–Kier alpha value is -1.56. The Morgan fingerprint density at radius 3 is 2.67 bits per heavy atom. The van der Waals surface area contributed by atoms with E-state index in [4.69, 9.17) is 0 Å².